The molecule has 1 amide bonds. The van der Waals surface area contributed by atoms with Gasteiger partial charge in [0.1, 0.15) is 22.9 Å². The molecule has 1 unspecified atom stereocenters. The van der Waals surface area contributed by atoms with Gasteiger partial charge in [0.15, 0.2) is 0 Å². The van der Waals surface area contributed by atoms with Crippen LogP contribution in [0.5, 0.6) is 5.75 Å². The van der Waals surface area contributed by atoms with E-state index in [0.717, 1.165) is 54.8 Å². The summed E-state index contributed by atoms with van der Waals surface area (Å²) in [5.74, 6) is 2.03. The van der Waals surface area contributed by atoms with Crippen LogP contribution in [0.25, 0.3) is 5.52 Å². The highest BCUT2D eigenvalue weighted by Crippen LogP contribution is 2.40. The zero-order valence-corrected chi connectivity index (χ0v) is 21.9. The van der Waals surface area contributed by atoms with Gasteiger partial charge in [-0.1, -0.05) is 24.3 Å². The fourth-order valence-electron chi connectivity index (χ4n) is 5.94. The minimum Gasteiger partial charge on any atom is -0.427 e. The number of carbonyl (C=O) groups is 2. The topological polar surface area (TPSA) is 124 Å². The van der Waals surface area contributed by atoms with E-state index in [1.165, 1.54) is 12.5 Å². The molecule has 1 aliphatic heterocycles. The second kappa shape index (κ2) is 10.4. The van der Waals surface area contributed by atoms with Gasteiger partial charge in [0, 0.05) is 49.5 Å². The first kappa shape index (κ1) is 24.9. The molecule has 4 aromatic rings. The van der Waals surface area contributed by atoms with Crippen LogP contribution in [0.2, 0.25) is 0 Å². The first-order valence-electron chi connectivity index (χ1n) is 13.5. The average Bonchev–Trinajstić information content (AvgIpc) is 3.54. The van der Waals surface area contributed by atoms with Gasteiger partial charge in [-0.15, -0.1) is 0 Å². The van der Waals surface area contributed by atoms with Crippen molar-refractivity contribution in [3.63, 3.8) is 0 Å². The highest BCUT2D eigenvalue weighted by atomic mass is 16.5. The maximum atomic E-state index is 12.7. The molecule has 3 heterocycles. The summed E-state index contributed by atoms with van der Waals surface area (Å²) < 4.78 is 7.23. The molecule has 9 heteroatoms. The molecule has 0 spiro atoms. The molecule has 1 aliphatic carbocycles. The van der Waals surface area contributed by atoms with Gasteiger partial charge in [-0.05, 0) is 61.4 Å². The molecule has 2 aromatic carbocycles. The zero-order valence-electron chi connectivity index (χ0n) is 21.9. The van der Waals surface area contributed by atoms with Crippen LogP contribution in [0.1, 0.15) is 72.0 Å². The van der Waals surface area contributed by atoms with E-state index >= 15 is 0 Å². The van der Waals surface area contributed by atoms with Gasteiger partial charge in [0.05, 0.1) is 11.7 Å². The Morgan fingerprint density at radius 1 is 1.13 bits per heavy atom. The Morgan fingerprint density at radius 2 is 1.95 bits per heavy atom. The lowest BCUT2D eigenvalue weighted by Crippen LogP contribution is -2.31. The van der Waals surface area contributed by atoms with Crippen molar-refractivity contribution in [2.24, 2.45) is 5.92 Å². The average molecular weight is 525 g/mol. The number of nitrogens with one attached hydrogen (secondary N) is 2. The number of nitrogens with two attached hydrogens (primary N) is 1. The minimum absolute atomic E-state index is 0.0588. The van der Waals surface area contributed by atoms with Gasteiger partial charge in [-0.2, -0.15) is 0 Å². The predicted octanol–water partition coefficient (Wildman–Crippen LogP) is 4.65. The lowest BCUT2D eigenvalue weighted by Gasteiger charge is -2.28. The smallest absolute Gasteiger partial charge is 0.308 e. The van der Waals surface area contributed by atoms with Gasteiger partial charge in [-0.3, -0.25) is 14.0 Å². The maximum absolute atomic E-state index is 12.7. The molecule has 6 rings (SSSR count). The SMILES string of the molecule is CC(=O)Oc1cccc(C(=O)NC[C@H]2CC[C@H](c3nc(C4Cc5ccccc5N4)c4c(N)nccn43)CC2)c1. The number of hydrogen-bond acceptors (Lipinski definition) is 7. The normalized spacial score (nSPS) is 20.3. The van der Waals surface area contributed by atoms with Crippen LogP contribution in [0, 0.1) is 5.92 Å². The predicted molar refractivity (Wildman–Crippen MR) is 149 cm³/mol. The quantitative estimate of drug-likeness (QED) is 0.248. The molecular weight excluding hydrogens is 492 g/mol. The summed E-state index contributed by atoms with van der Waals surface area (Å²) in [5, 5.41) is 6.68. The molecule has 39 heavy (non-hydrogen) atoms. The summed E-state index contributed by atoms with van der Waals surface area (Å²) in [6.07, 6.45) is 8.55. The molecule has 4 N–H and O–H groups in total. The van der Waals surface area contributed by atoms with Gasteiger partial charge in [0.25, 0.3) is 5.91 Å². The van der Waals surface area contributed by atoms with E-state index in [1.807, 2.05) is 12.3 Å². The molecule has 200 valence electrons. The van der Waals surface area contributed by atoms with Crippen molar-refractivity contribution in [3.05, 3.63) is 83.6 Å². The fourth-order valence-corrected chi connectivity index (χ4v) is 5.94. The third-order valence-corrected chi connectivity index (χ3v) is 7.86. The molecule has 2 aliphatic rings. The largest absolute Gasteiger partial charge is 0.427 e. The number of aromatic nitrogens is 3. The Hall–Kier alpha value is -4.40. The molecule has 2 aromatic heterocycles. The van der Waals surface area contributed by atoms with Crippen molar-refractivity contribution < 1.29 is 14.3 Å². The summed E-state index contributed by atoms with van der Waals surface area (Å²) in [6.45, 7) is 1.95. The number of nitrogens with zero attached hydrogens (tertiary/aromatic N) is 3. The minimum atomic E-state index is -0.412. The monoisotopic (exact) mass is 524 g/mol. The van der Waals surface area contributed by atoms with Crippen LogP contribution in [-0.4, -0.2) is 32.8 Å². The van der Waals surface area contributed by atoms with E-state index in [-0.39, 0.29) is 11.9 Å². The Bertz CT molecular complexity index is 1510. The van der Waals surface area contributed by atoms with Crippen molar-refractivity contribution in [2.45, 2.75) is 51.0 Å². The number of carbonyl (C=O) groups excluding carboxylic acids is 2. The summed E-state index contributed by atoms with van der Waals surface area (Å²) >= 11 is 0. The first-order valence-corrected chi connectivity index (χ1v) is 13.5. The van der Waals surface area contributed by atoms with Gasteiger partial charge < -0.3 is 21.1 Å². The number of imidazole rings is 1. The number of hydrogen-bond donors (Lipinski definition) is 3. The van der Waals surface area contributed by atoms with E-state index in [1.54, 1.807) is 30.5 Å². The molecule has 1 atom stereocenters. The lowest BCUT2D eigenvalue weighted by molar-refractivity contribution is -0.131. The number of nitrogen functional groups attached to an aromatic ring is 1. The lowest BCUT2D eigenvalue weighted by atomic mass is 9.81. The molecule has 0 saturated heterocycles. The van der Waals surface area contributed by atoms with Crippen molar-refractivity contribution in [2.75, 3.05) is 17.6 Å². The first-order chi connectivity index (χ1) is 19.0. The summed E-state index contributed by atoms with van der Waals surface area (Å²) in [6, 6.07) is 15.1. The molecule has 0 bridgehead atoms. The van der Waals surface area contributed by atoms with Crippen molar-refractivity contribution in [3.8, 4) is 5.75 Å². The van der Waals surface area contributed by atoms with E-state index in [9.17, 15) is 9.59 Å². The van der Waals surface area contributed by atoms with Crippen LogP contribution < -0.4 is 21.1 Å². The van der Waals surface area contributed by atoms with Crippen LogP contribution >= 0.6 is 0 Å². The van der Waals surface area contributed by atoms with Gasteiger partial charge in [-0.25, -0.2) is 9.97 Å². The molecular formula is C30H32N6O3. The highest BCUT2D eigenvalue weighted by molar-refractivity contribution is 5.94. The molecule has 1 saturated carbocycles. The summed E-state index contributed by atoms with van der Waals surface area (Å²) in [7, 11) is 0. The van der Waals surface area contributed by atoms with Crippen molar-refractivity contribution in [1.82, 2.24) is 19.7 Å². The number of anilines is 2. The van der Waals surface area contributed by atoms with Gasteiger partial charge in [0.2, 0.25) is 0 Å². The Labute approximate surface area is 226 Å². The Morgan fingerprint density at radius 3 is 2.74 bits per heavy atom. The number of para-hydroxylation sites is 1. The second-order valence-electron chi connectivity index (χ2n) is 10.5. The van der Waals surface area contributed by atoms with Crippen LogP contribution in [0.4, 0.5) is 11.5 Å². The van der Waals surface area contributed by atoms with E-state index < -0.39 is 5.97 Å². The Balaban J connectivity index is 1.12. The second-order valence-corrected chi connectivity index (χ2v) is 10.5. The van der Waals surface area contributed by atoms with Crippen LogP contribution in [0.3, 0.4) is 0 Å². The third-order valence-electron chi connectivity index (χ3n) is 7.86. The number of benzene rings is 2. The van der Waals surface area contributed by atoms with E-state index in [4.69, 9.17) is 15.5 Å². The third kappa shape index (κ3) is 5.04. The highest BCUT2D eigenvalue weighted by Gasteiger charge is 2.31. The Kier molecular flexibility index (Phi) is 6.64. The van der Waals surface area contributed by atoms with Crippen LogP contribution in [-0.2, 0) is 11.2 Å². The van der Waals surface area contributed by atoms with Gasteiger partial charge >= 0.3 is 5.97 Å². The molecule has 0 radical (unpaired) electrons. The number of fused-ring (bicyclic) bond motifs is 2. The standard InChI is InChI=1S/C30H32N6O3/c1-18(37)39-23-7-4-6-22(15-23)30(38)33-17-19-9-11-20(12-10-19)29-35-26(27-28(31)32-13-14-36(27)29)25-16-21-5-2-3-8-24(21)34-25/h2-8,13-15,19-20,25,34H,9-12,16-17H2,1H3,(H2,31,32)(H,33,38)/t19-,20-,25?. The fraction of sp³-hybridized carbons (Fsp3) is 0.333. The number of ether oxygens (including phenoxy) is 1. The summed E-state index contributed by atoms with van der Waals surface area (Å²) in [5.41, 5.74) is 11.1. The van der Waals surface area contributed by atoms with Crippen molar-refractivity contribution >= 4 is 28.9 Å². The van der Waals surface area contributed by atoms with E-state index in [2.05, 4.69) is 38.2 Å². The van der Waals surface area contributed by atoms with Crippen molar-refractivity contribution in [1.29, 1.82) is 0 Å². The zero-order chi connectivity index (χ0) is 26.9. The number of amides is 1. The number of esters is 1. The van der Waals surface area contributed by atoms with Crippen LogP contribution in [0.15, 0.2) is 60.9 Å². The molecule has 9 nitrogen and oxygen atoms in total. The maximum Gasteiger partial charge on any atom is 0.308 e. The molecule has 1 fully saturated rings. The summed E-state index contributed by atoms with van der Waals surface area (Å²) in [4.78, 5) is 33.5. The van der Waals surface area contributed by atoms with E-state index in [0.29, 0.717) is 35.5 Å². The number of rotatable bonds is 6.